The Balaban J connectivity index is 2.50. The minimum atomic E-state index is 0.216. The molecule has 0 aromatic carbocycles. The summed E-state index contributed by atoms with van der Waals surface area (Å²) < 4.78 is 0. The molecule has 0 saturated heterocycles. The van der Waals surface area contributed by atoms with E-state index in [1.54, 1.807) is 0 Å². The second-order valence-electron chi connectivity index (χ2n) is 4.75. The van der Waals surface area contributed by atoms with E-state index in [1.807, 2.05) is 11.3 Å². The zero-order valence-corrected chi connectivity index (χ0v) is 10.8. The van der Waals surface area contributed by atoms with Crippen LogP contribution < -0.4 is 5.73 Å². The van der Waals surface area contributed by atoms with Crippen LogP contribution >= 0.6 is 11.3 Å². The van der Waals surface area contributed by atoms with Crippen molar-refractivity contribution in [1.29, 1.82) is 0 Å². The van der Waals surface area contributed by atoms with Crippen LogP contribution in [0.2, 0.25) is 0 Å². The molecule has 0 saturated carbocycles. The summed E-state index contributed by atoms with van der Waals surface area (Å²) in [6.07, 6.45) is 0. The number of nitrogens with zero attached hydrogens (tertiary/aromatic N) is 1. The van der Waals surface area contributed by atoms with E-state index >= 15 is 0 Å². The average Bonchev–Trinajstić information content (AvgIpc) is 2.69. The molecule has 1 heterocycles. The van der Waals surface area contributed by atoms with Crippen LogP contribution in [0.1, 0.15) is 25.6 Å². The van der Waals surface area contributed by atoms with E-state index in [4.69, 9.17) is 5.73 Å². The molecule has 0 amide bonds. The highest BCUT2D eigenvalue weighted by molar-refractivity contribution is 7.09. The molecular formula is C12H22N2S. The van der Waals surface area contributed by atoms with Crippen molar-refractivity contribution in [2.45, 2.75) is 27.3 Å². The molecule has 0 atom stereocenters. The first-order valence-electron chi connectivity index (χ1n) is 5.52. The average molecular weight is 226 g/mol. The van der Waals surface area contributed by atoms with E-state index in [0.29, 0.717) is 0 Å². The molecule has 0 aliphatic heterocycles. The number of thiophene rings is 1. The summed E-state index contributed by atoms with van der Waals surface area (Å²) in [5.74, 6) is 0. The molecule has 1 rings (SSSR count). The quantitative estimate of drug-likeness (QED) is 0.808. The maximum atomic E-state index is 5.76. The van der Waals surface area contributed by atoms with Gasteiger partial charge in [-0.15, -0.1) is 11.3 Å². The normalized spacial score (nSPS) is 12.3. The summed E-state index contributed by atoms with van der Waals surface area (Å²) in [5, 5.41) is 2.14. The van der Waals surface area contributed by atoms with Gasteiger partial charge in [0.15, 0.2) is 0 Å². The standard InChI is InChI=1S/C12H22N2S/c1-4-14(10-12(2,3)9-13)8-11-6-5-7-15-11/h5-7H,4,8-10,13H2,1-3H3. The third-order valence-electron chi connectivity index (χ3n) is 2.61. The molecule has 0 unspecified atom stereocenters. The fraction of sp³-hybridized carbons (Fsp3) is 0.667. The zero-order chi connectivity index (χ0) is 11.3. The number of nitrogens with two attached hydrogens (primary N) is 1. The molecule has 0 aliphatic carbocycles. The van der Waals surface area contributed by atoms with Crippen LogP contribution in [-0.4, -0.2) is 24.5 Å². The van der Waals surface area contributed by atoms with E-state index in [-0.39, 0.29) is 5.41 Å². The van der Waals surface area contributed by atoms with Crippen LogP contribution in [0.15, 0.2) is 17.5 Å². The van der Waals surface area contributed by atoms with Crippen LogP contribution in [0.4, 0.5) is 0 Å². The molecule has 0 radical (unpaired) electrons. The smallest absolute Gasteiger partial charge is 0.0328 e. The Kier molecular flexibility index (Phi) is 4.77. The molecule has 3 heteroatoms. The highest BCUT2D eigenvalue weighted by atomic mass is 32.1. The zero-order valence-electron chi connectivity index (χ0n) is 9.99. The molecule has 0 spiro atoms. The van der Waals surface area contributed by atoms with Gasteiger partial charge >= 0.3 is 0 Å². The summed E-state index contributed by atoms with van der Waals surface area (Å²) in [4.78, 5) is 3.89. The van der Waals surface area contributed by atoms with Gasteiger partial charge in [-0.1, -0.05) is 26.8 Å². The largest absolute Gasteiger partial charge is 0.330 e. The molecule has 1 aromatic rings. The molecule has 1 aromatic heterocycles. The summed E-state index contributed by atoms with van der Waals surface area (Å²) in [7, 11) is 0. The Hall–Kier alpha value is -0.380. The second-order valence-corrected chi connectivity index (χ2v) is 5.78. The summed E-state index contributed by atoms with van der Waals surface area (Å²) >= 11 is 1.83. The fourth-order valence-electron chi connectivity index (χ4n) is 1.57. The predicted octanol–water partition coefficient (Wildman–Crippen LogP) is 2.55. The van der Waals surface area contributed by atoms with E-state index < -0.39 is 0 Å². The summed E-state index contributed by atoms with van der Waals surface area (Å²) in [6.45, 7) is 10.6. The molecule has 86 valence electrons. The van der Waals surface area contributed by atoms with Gasteiger partial charge in [0.25, 0.3) is 0 Å². The minimum absolute atomic E-state index is 0.216. The number of hydrogen-bond donors (Lipinski definition) is 1. The van der Waals surface area contributed by atoms with E-state index in [9.17, 15) is 0 Å². The molecule has 2 nitrogen and oxygen atoms in total. The van der Waals surface area contributed by atoms with Gasteiger partial charge in [0, 0.05) is 18.0 Å². The first kappa shape index (κ1) is 12.7. The molecule has 0 bridgehead atoms. The topological polar surface area (TPSA) is 29.3 Å². The van der Waals surface area contributed by atoms with Crippen LogP contribution in [0, 0.1) is 5.41 Å². The lowest BCUT2D eigenvalue weighted by molar-refractivity contribution is 0.185. The van der Waals surface area contributed by atoms with Crippen molar-refractivity contribution in [3.63, 3.8) is 0 Å². The molecule has 0 fully saturated rings. The van der Waals surface area contributed by atoms with Crippen LogP contribution in [0.5, 0.6) is 0 Å². The Morgan fingerprint density at radius 2 is 2.20 bits per heavy atom. The number of hydrogen-bond acceptors (Lipinski definition) is 3. The van der Waals surface area contributed by atoms with Crippen LogP contribution in [0.25, 0.3) is 0 Å². The van der Waals surface area contributed by atoms with Crippen molar-refractivity contribution in [3.8, 4) is 0 Å². The Morgan fingerprint density at radius 3 is 2.67 bits per heavy atom. The molecular weight excluding hydrogens is 204 g/mol. The van der Waals surface area contributed by atoms with E-state index in [1.165, 1.54) is 4.88 Å². The lowest BCUT2D eigenvalue weighted by Crippen LogP contribution is -2.38. The van der Waals surface area contributed by atoms with Gasteiger partial charge in [0.05, 0.1) is 0 Å². The lowest BCUT2D eigenvalue weighted by atomic mass is 9.93. The third kappa shape index (κ3) is 4.33. The second kappa shape index (κ2) is 5.64. The van der Waals surface area contributed by atoms with E-state index in [2.05, 4.69) is 43.2 Å². The van der Waals surface area contributed by atoms with Crippen molar-refractivity contribution in [3.05, 3.63) is 22.4 Å². The van der Waals surface area contributed by atoms with Gasteiger partial charge < -0.3 is 5.73 Å². The molecule has 2 N–H and O–H groups in total. The number of rotatable bonds is 6. The minimum Gasteiger partial charge on any atom is -0.330 e. The first-order valence-corrected chi connectivity index (χ1v) is 6.40. The Morgan fingerprint density at radius 1 is 1.47 bits per heavy atom. The lowest BCUT2D eigenvalue weighted by Gasteiger charge is -2.30. The maximum absolute atomic E-state index is 5.76. The van der Waals surface area contributed by atoms with Crippen molar-refractivity contribution in [2.24, 2.45) is 11.1 Å². The highest BCUT2D eigenvalue weighted by Gasteiger charge is 2.19. The van der Waals surface area contributed by atoms with Crippen molar-refractivity contribution >= 4 is 11.3 Å². The summed E-state index contributed by atoms with van der Waals surface area (Å²) in [5.41, 5.74) is 5.97. The molecule has 0 aliphatic rings. The Bertz CT molecular complexity index is 267. The van der Waals surface area contributed by atoms with Gasteiger partial charge in [-0.05, 0) is 30.0 Å². The maximum Gasteiger partial charge on any atom is 0.0328 e. The van der Waals surface area contributed by atoms with Crippen molar-refractivity contribution in [1.82, 2.24) is 4.90 Å². The predicted molar refractivity (Wildman–Crippen MR) is 68.1 cm³/mol. The van der Waals surface area contributed by atoms with Gasteiger partial charge in [-0.2, -0.15) is 0 Å². The van der Waals surface area contributed by atoms with Crippen molar-refractivity contribution in [2.75, 3.05) is 19.6 Å². The Labute approximate surface area is 97.1 Å². The van der Waals surface area contributed by atoms with Crippen LogP contribution in [0.3, 0.4) is 0 Å². The first-order chi connectivity index (χ1) is 7.07. The van der Waals surface area contributed by atoms with Crippen LogP contribution in [-0.2, 0) is 6.54 Å². The SMILES string of the molecule is CCN(Cc1cccs1)CC(C)(C)CN. The van der Waals surface area contributed by atoms with Gasteiger partial charge in [-0.3, -0.25) is 4.90 Å². The van der Waals surface area contributed by atoms with Gasteiger partial charge in [-0.25, -0.2) is 0 Å². The summed E-state index contributed by atoms with van der Waals surface area (Å²) in [6, 6.07) is 4.31. The monoisotopic (exact) mass is 226 g/mol. The fourth-order valence-corrected chi connectivity index (χ4v) is 2.32. The third-order valence-corrected chi connectivity index (χ3v) is 3.47. The highest BCUT2D eigenvalue weighted by Crippen LogP contribution is 2.18. The van der Waals surface area contributed by atoms with Gasteiger partial charge in [0.2, 0.25) is 0 Å². The molecule has 15 heavy (non-hydrogen) atoms. The van der Waals surface area contributed by atoms with Gasteiger partial charge in [0.1, 0.15) is 0 Å². The van der Waals surface area contributed by atoms with E-state index in [0.717, 1.165) is 26.2 Å². The van der Waals surface area contributed by atoms with Crippen molar-refractivity contribution < 1.29 is 0 Å².